The molecule has 0 bridgehead atoms. The third-order valence-electron chi connectivity index (χ3n) is 3.37. The average molecular weight is 386 g/mol. The number of nitrogens with zero attached hydrogens (tertiary/aromatic N) is 4. The summed E-state index contributed by atoms with van der Waals surface area (Å²) in [6.07, 6.45) is 0. The van der Waals surface area contributed by atoms with Crippen LogP contribution < -0.4 is 4.74 Å². The molecular formula is C17H14N4O3S2. The van der Waals surface area contributed by atoms with Gasteiger partial charge in [-0.2, -0.15) is 16.3 Å². The summed E-state index contributed by atoms with van der Waals surface area (Å²) in [6, 6.07) is 9.74. The highest BCUT2D eigenvalue weighted by Gasteiger charge is 2.12. The van der Waals surface area contributed by atoms with Crippen LogP contribution >= 0.6 is 23.1 Å². The number of hydrogen-bond donors (Lipinski definition) is 0. The van der Waals surface area contributed by atoms with E-state index in [0.29, 0.717) is 28.6 Å². The summed E-state index contributed by atoms with van der Waals surface area (Å²) in [6.45, 7) is 2.23. The molecule has 0 radical (unpaired) electrons. The molecule has 132 valence electrons. The lowest BCUT2D eigenvalue weighted by atomic mass is 10.2. The maximum absolute atomic E-state index is 5.65. The van der Waals surface area contributed by atoms with Gasteiger partial charge in [-0.05, 0) is 36.1 Å². The maximum Gasteiger partial charge on any atom is 0.277 e. The summed E-state index contributed by atoms with van der Waals surface area (Å²) in [5.74, 6) is 2.73. The van der Waals surface area contributed by atoms with Crippen LogP contribution in [-0.4, -0.2) is 20.3 Å². The molecule has 0 spiro atoms. The molecule has 26 heavy (non-hydrogen) atoms. The van der Waals surface area contributed by atoms with Crippen molar-refractivity contribution in [1.82, 2.24) is 20.3 Å². The molecule has 0 amide bonds. The summed E-state index contributed by atoms with van der Waals surface area (Å²) in [5, 5.41) is 16.3. The normalized spacial score (nSPS) is 11.0. The Morgan fingerprint density at radius 2 is 2.15 bits per heavy atom. The van der Waals surface area contributed by atoms with Crippen LogP contribution in [0.4, 0.5) is 0 Å². The fraction of sp³-hybridized carbons (Fsp3) is 0.176. The molecule has 4 aromatic rings. The quantitative estimate of drug-likeness (QED) is 0.433. The molecule has 1 aromatic carbocycles. The zero-order chi connectivity index (χ0) is 17.8. The first-order chi connectivity index (χ1) is 12.8. The molecule has 0 fully saturated rings. The van der Waals surface area contributed by atoms with Gasteiger partial charge in [0, 0.05) is 10.9 Å². The third-order valence-corrected chi connectivity index (χ3v) is 4.85. The van der Waals surface area contributed by atoms with Crippen LogP contribution in [0.5, 0.6) is 5.75 Å². The summed E-state index contributed by atoms with van der Waals surface area (Å²) in [7, 11) is 0. The van der Waals surface area contributed by atoms with E-state index in [1.807, 2.05) is 48.0 Å². The van der Waals surface area contributed by atoms with Gasteiger partial charge < -0.3 is 13.7 Å². The van der Waals surface area contributed by atoms with Gasteiger partial charge in [0.25, 0.3) is 11.1 Å². The number of aryl methyl sites for hydroxylation is 1. The topological polar surface area (TPSA) is 87.1 Å². The SMILES string of the molecule is Cc1cccc(OCc2nnc(SCc3nc(-c4ccsc4)no3)o2)c1. The van der Waals surface area contributed by atoms with Crippen LogP contribution in [0.15, 0.2) is 55.3 Å². The second-order valence-corrected chi connectivity index (χ2v) is 7.09. The van der Waals surface area contributed by atoms with E-state index in [-0.39, 0.29) is 6.61 Å². The van der Waals surface area contributed by atoms with E-state index in [9.17, 15) is 0 Å². The van der Waals surface area contributed by atoms with Crippen molar-refractivity contribution in [2.24, 2.45) is 0 Å². The van der Waals surface area contributed by atoms with Crippen LogP contribution in [-0.2, 0) is 12.4 Å². The Bertz CT molecular complexity index is 981. The van der Waals surface area contributed by atoms with Gasteiger partial charge in [-0.15, -0.1) is 10.2 Å². The minimum atomic E-state index is 0.222. The third kappa shape index (κ3) is 4.12. The van der Waals surface area contributed by atoms with Gasteiger partial charge in [-0.25, -0.2) is 0 Å². The van der Waals surface area contributed by atoms with Crippen molar-refractivity contribution in [1.29, 1.82) is 0 Å². The number of ether oxygens (including phenoxy) is 1. The van der Waals surface area contributed by atoms with Crippen molar-refractivity contribution in [2.45, 2.75) is 24.5 Å². The molecule has 0 aliphatic rings. The minimum absolute atomic E-state index is 0.222. The molecule has 3 aromatic heterocycles. The highest BCUT2D eigenvalue weighted by Crippen LogP contribution is 2.24. The van der Waals surface area contributed by atoms with Crippen LogP contribution in [0.25, 0.3) is 11.4 Å². The molecule has 4 rings (SSSR count). The van der Waals surface area contributed by atoms with Crippen LogP contribution in [0.1, 0.15) is 17.3 Å². The predicted molar refractivity (Wildman–Crippen MR) is 97.0 cm³/mol. The first-order valence-corrected chi connectivity index (χ1v) is 9.69. The summed E-state index contributed by atoms with van der Waals surface area (Å²) >= 11 is 2.93. The molecular weight excluding hydrogens is 372 g/mol. The van der Waals surface area contributed by atoms with Crippen molar-refractivity contribution in [3.05, 3.63) is 58.4 Å². The average Bonchev–Trinajstić information content (AvgIpc) is 3.39. The minimum Gasteiger partial charge on any atom is -0.484 e. The van der Waals surface area contributed by atoms with Crippen molar-refractivity contribution < 1.29 is 13.7 Å². The van der Waals surface area contributed by atoms with Gasteiger partial charge in [0.2, 0.25) is 11.7 Å². The lowest BCUT2D eigenvalue weighted by molar-refractivity contribution is 0.252. The van der Waals surface area contributed by atoms with E-state index in [4.69, 9.17) is 13.7 Å². The van der Waals surface area contributed by atoms with E-state index in [2.05, 4.69) is 20.3 Å². The standard InChI is InChI=1S/C17H14N4O3S2/c1-11-3-2-4-13(7-11)22-8-14-19-20-17(23-14)26-10-15-18-16(21-24-15)12-5-6-25-9-12/h2-7,9H,8,10H2,1H3. The predicted octanol–water partition coefficient (Wildman–Crippen LogP) is 4.36. The van der Waals surface area contributed by atoms with Crippen molar-refractivity contribution in [3.8, 4) is 17.1 Å². The number of thiophene rings is 1. The van der Waals surface area contributed by atoms with E-state index in [0.717, 1.165) is 16.9 Å². The molecule has 9 heteroatoms. The molecule has 0 saturated carbocycles. The highest BCUT2D eigenvalue weighted by molar-refractivity contribution is 7.98. The maximum atomic E-state index is 5.65. The first-order valence-electron chi connectivity index (χ1n) is 7.76. The molecule has 0 aliphatic heterocycles. The van der Waals surface area contributed by atoms with Crippen molar-refractivity contribution in [2.75, 3.05) is 0 Å². The fourth-order valence-corrected chi connectivity index (χ4v) is 3.40. The summed E-state index contributed by atoms with van der Waals surface area (Å²) in [5.41, 5.74) is 2.08. The largest absolute Gasteiger partial charge is 0.484 e. The molecule has 0 unspecified atom stereocenters. The van der Waals surface area contributed by atoms with Crippen molar-refractivity contribution in [3.63, 3.8) is 0 Å². The lowest BCUT2D eigenvalue weighted by Gasteiger charge is -2.03. The van der Waals surface area contributed by atoms with Crippen LogP contribution in [0.2, 0.25) is 0 Å². The lowest BCUT2D eigenvalue weighted by Crippen LogP contribution is -1.95. The zero-order valence-corrected chi connectivity index (χ0v) is 15.4. The first kappa shape index (κ1) is 16.8. The molecule has 0 aliphatic carbocycles. The number of thioether (sulfide) groups is 1. The molecule has 0 N–H and O–H groups in total. The Balaban J connectivity index is 1.31. The van der Waals surface area contributed by atoms with Gasteiger partial charge in [0.05, 0.1) is 5.75 Å². The number of rotatable bonds is 7. The summed E-state index contributed by atoms with van der Waals surface area (Å²) < 4.78 is 16.5. The molecule has 7 nitrogen and oxygen atoms in total. The van der Waals surface area contributed by atoms with Crippen LogP contribution in [0.3, 0.4) is 0 Å². The van der Waals surface area contributed by atoms with E-state index in [1.165, 1.54) is 11.8 Å². The van der Waals surface area contributed by atoms with Gasteiger partial charge in [-0.3, -0.25) is 0 Å². The smallest absolute Gasteiger partial charge is 0.277 e. The summed E-state index contributed by atoms with van der Waals surface area (Å²) in [4.78, 5) is 4.35. The Kier molecular flexibility index (Phi) is 4.98. The fourth-order valence-electron chi connectivity index (χ4n) is 2.15. The Morgan fingerprint density at radius 3 is 3.00 bits per heavy atom. The molecule has 0 atom stereocenters. The van der Waals surface area contributed by atoms with Gasteiger partial charge in [0.1, 0.15) is 5.75 Å². The number of aromatic nitrogens is 4. The molecule has 3 heterocycles. The Labute approximate surface area is 157 Å². The van der Waals surface area contributed by atoms with Crippen LogP contribution in [0, 0.1) is 6.92 Å². The van der Waals surface area contributed by atoms with Gasteiger partial charge >= 0.3 is 0 Å². The van der Waals surface area contributed by atoms with E-state index in [1.54, 1.807) is 11.3 Å². The highest BCUT2D eigenvalue weighted by atomic mass is 32.2. The Hall–Kier alpha value is -2.65. The number of hydrogen-bond acceptors (Lipinski definition) is 9. The zero-order valence-electron chi connectivity index (χ0n) is 13.8. The second-order valence-electron chi connectivity index (χ2n) is 5.38. The van der Waals surface area contributed by atoms with Gasteiger partial charge in [-0.1, -0.05) is 29.1 Å². The van der Waals surface area contributed by atoms with Gasteiger partial charge in [0.15, 0.2) is 6.61 Å². The number of benzene rings is 1. The van der Waals surface area contributed by atoms with E-state index >= 15 is 0 Å². The second kappa shape index (κ2) is 7.71. The van der Waals surface area contributed by atoms with Crippen molar-refractivity contribution >= 4 is 23.1 Å². The van der Waals surface area contributed by atoms with E-state index < -0.39 is 0 Å². The molecule has 0 saturated heterocycles. The Morgan fingerprint density at radius 1 is 1.19 bits per heavy atom. The monoisotopic (exact) mass is 386 g/mol.